The lowest BCUT2D eigenvalue weighted by Crippen LogP contribution is -2.56. The van der Waals surface area contributed by atoms with E-state index in [0.29, 0.717) is 24.8 Å². The van der Waals surface area contributed by atoms with Gasteiger partial charge in [-0.05, 0) is 84.6 Å². The predicted molar refractivity (Wildman–Crippen MR) is 144 cm³/mol. The zero-order valence-electron chi connectivity index (χ0n) is 22.8. The van der Waals surface area contributed by atoms with E-state index in [4.69, 9.17) is 4.74 Å². The summed E-state index contributed by atoms with van der Waals surface area (Å²) in [5.74, 6) is 2.12. The molecule has 196 valence electrons. The molecule has 1 amide bonds. The van der Waals surface area contributed by atoms with Crippen LogP contribution in [-0.2, 0) is 23.2 Å². The number of phenols is 1. The molecule has 2 aliphatic rings. The number of carbonyl (C=O) groups excluding carboxylic acids is 1. The molecule has 6 heteroatoms. The van der Waals surface area contributed by atoms with Gasteiger partial charge in [0.15, 0.2) is 0 Å². The molecule has 1 fully saturated rings. The van der Waals surface area contributed by atoms with E-state index in [1.54, 1.807) is 13.2 Å². The molecule has 2 heterocycles. The maximum Gasteiger partial charge on any atom is 0.237 e. The quantitative estimate of drug-likeness (QED) is 0.605. The number of likely N-dealkylation sites (tertiary alicyclic amines) is 1. The maximum atomic E-state index is 13.4. The fourth-order valence-electron chi connectivity index (χ4n) is 5.86. The minimum absolute atomic E-state index is 0.0977. The number of amides is 1. The molecule has 2 N–H and O–H groups in total. The van der Waals surface area contributed by atoms with Crippen molar-refractivity contribution in [2.75, 3.05) is 33.8 Å². The standard InChI is InChI=1S/C30H43N3O3/c1-20(2)27(31-29(35)28-15-22-10-11-25(34)14-23(22)18-32(28)5)19-33-13-12-30(4,21(3)17-33)24-8-7-9-26(16-24)36-6/h7-11,14,16,20-21,27-28,34H,12-13,15,17-19H2,1-6H3,(H,31,35)/t21-,27+,28+,30+/m0/s1. The van der Waals surface area contributed by atoms with E-state index in [-0.39, 0.29) is 29.2 Å². The molecular weight excluding hydrogens is 450 g/mol. The van der Waals surface area contributed by atoms with Crippen LogP contribution in [0, 0.1) is 11.8 Å². The highest BCUT2D eigenvalue weighted by Gasteiger charge is 2.39. The Morgan fingerprint density at radius 2 is 2.00 bits per heavy atom. The Morgan fingerprint density at radius 1 is 1.22 bits per heavy atom. The molecule has 4 rings (SSSR count). The van der Waals surface area contributed by atoms with Crippen molar-refractivity contribution in [2.24, 2.45) is 11.8 Å². The average Bonchev–Trinajstić information content (AvgIpc) is 2.85. The summed E-state index contributed by atoms with van der Waals surface area (Å²) in [6.45, 7) is 12.7. The van der Waals surface area contributed by atoms with E-state index in [2.05, 4.69) is 61.0 Å². The first-order chi connectivity index (χ1) is 17.1. The van der Waals surface area contributed by atoms with Gasteiger partial charge < -0.3 is 20.1 Å². The zero-order chi connectivity index (χ0) is 26.0. The minimum atomic E-state index is -0.195. The van der Waals surface area contributed by atoms with E-state index >= 15 is 0 Å². The zero-order valence-corrected chi connectivity index (χ0v) is 22.8. The van der Waals surface area contributed by atoms with E-state index in [1.165, 1.54) is 5.56 Å². The number of nitrogens with one attached hydrogen (secondary N) is 1. The van der Waals surface area contributed by atoms with Crippen LogP contribution < -0.4 is 10.1 Å². The van der Waals surface area contributed by atoms with Gasteiger partial charge in [0.2, 0.25) is 5.91 Å². The van der Waals surface area contributed by atoms with E-state index in [1.807, 2.05) is 25.2 Å². The first kappa shape index (κ1) is 26.5. The van der Waals surface area contributed by atoms with Crippen LogP contribution in [0.25, 0.3) is 0 Å². The van der Waals surface area contributed by atoms with Crippen LogP contribution in [-0.4, -0.2) is 66.7 Å². The van der Waals surface area contributed by atoms with Crippen molar-refractivity contribution in [2.45, 2.75) is 64.6 Å². The molecule has 2 aromatic carbocycles. The SMILES string of the molecule is COc1cccc([C@]2(C)CCN(C[C@@H](NC(=O)[C@H]3Cc4ccc(O)cc4CN3C)C(C)C)C[C@@H]2C)c1. The van der Waals surface area contributed by atoms with Crippen LogP contribution in [0.1, 0.15) is 50.8 Å². The summed E-state index contributed by atoms with van der Waals surface area (Å²) in [5, 5.41) is 13.2. The number of ether oxygens (including phenoxy) is 1. The van der Waals surface area contributed by atoms with Crippen LogP contribution in [0.15, 0.2) is 42.5 Å². The van der Waals surface area contributed by atoms with E-state index in [0.717, 1.165) is 42.9 Å². The van der Waals surface area contributed by atoms with Gasteiger partial charge in [-0.3, -0.25) is 9.69 Å². The van der Waals surface area contributed by atoms with Crippen LogP contribution in [0.3, 0.4) is 0 Å². The molecule has 4 atom stereocenters. The summed E-state index contributed by atoms with van der Waals surface area (Å²) in [7, 11) is 3.72. The number of benzene rings is 2. The second-order valence-corrected chi connectivity index (χ2v) is 11.5. The summed E-state index contributed by atoms with van der Waals surface area (Å²) < 4.78 is 5.48. The third-order valence-electron chi connectivity index (χ3n) is 8.74. The maximum absolute atomic E-state index is 13.4. The van der Waals surface area contributed by atoms with Crippen molar-refractivity contribution in [1.82, 2.24) is 15.1 Å². The number of aromatic hydroxyl groups is 1. The predicted octanol–water partition coefficient (Wildman–Crippen LogP) is 4.20. The Hall–Kier alpha value is -2.57. The van der Waals surface area contributed by atoms with Gasteiger partial charge in [0.05, 0.1) is 13.2 Å². The number of likely N-dealkylation sites (N-methyl/N-ethyl adjacent to an activating group) is 1. The van der Waals surface area contributed by atoms with Gasteiger partial charge in [0.25, 0.3) is 0 Å². The first-order valence-corrected chi connectivity index (χ1v) is 13.3. The molecule has 0 saturated carbocycles. The van der Waals surface area contributed by atoms with E-state index < -0.39 is 0 Å². The number of hydrogen-bond acceptors (Lipinski definition) is 5. The number of hydrogen-bond donors (Lipinski definition) is 2. The molecule has 0 radical (unpaired) electrons. The molecule has 2 aliphatic heterocycles. The fraction of sp³-hybridized carbons (Fsp3) is 0.567. The smallest absolute Gasteiger partial charge is 0.237 e. The number of carbonyl (C=O) groups is 1. The van der Waals surface area contributed by atoms with Crippen molar-refractivity contribution in [1.29, 1.82) is 0 Å². The second-order valence-electron chi connectivity index (χ2n) is 11.5. The molecule has 0 aliphatic carbocycles. The van der Waals surface area contributed by atoms with Gasteiger partial charge in [-0.2, -0.15) is 0 Å². The van der Waals surface area contributed by atoms with Crippen molar-refractivity contribution in [3.63, 3.8) is 0 Å². The van der Waals surface area contributed by atoms with Gasteiger partial charge in [-0.15, -0.1) is 0 Å². The molecule has 0 aromatic heterocycles. The van der Waals surface area contributed by atoms with Crippen molar-refractivity contribution < 1.29 is 14.6 Å². The first-order valence-electron chi connectivity index (χ1n) is 13.3. The van der Waals surface area contributed by atoms with Gasteiger partial charge in [0.1, 0.15) is 11.5 Å². The van der Waals surface area contributed by atoms with Crippen LogP contribution >= 0.6 is 0 Å². The molecule has 2 aromatic rings. The summed E-state index contributed by atoms with van der Waals surface area (Å²) in [6, 6.07) is 13.9. The minimum Gasteiger partial charge on any atom is -0.508 e. The molecule has 36 heavy (non-hydrogen) atoms. The van der Waals surface area contributed by atoms with Crippen molar-refractivity contribution in [3.8, 4) is 11.5 Å². The lowest BCUT2D eigenvalue weighted by Gasteiger charge is -2.46. The highest BCUT2D eigenvalue weighted by Crippen LogP contribution is 2.40. The summed E-state index contributed by atoms with van der Waals surface area (Å²) in [4.78, 5) is 18.0. The summed E-state index contributed by atoms with van der Waals surface area (Å²) >= 11 is 0. The van der Waals surface area contributed by atoms with Gasteiger partial charge in [-0.1, -0.05) is 45.9 Å². The summed E-state index contributed by atoms with van der Waals surface area (Å²) in [5.41, 5.74) is 3.70. The van der Waals surface area contributed by atoms with Crippen LogP contribution in [0.2, 0.25) is 0 Å². The Balaban J connectivity index is 1.39. The van der Waals surface area contributed by atoms with Gasteiger partial charge in [-0.25, -0.2) is 0 Å². The largest absolute Gasteiger partial charge is 0.508 e. The van der Waals surface area contributed by atoms with Crippen LogP contribution in [0.4, 0.5) is 0 Å². The van der Waals surface area contributed by atoms with E-state index in [9.17, 15) is 9.90 Å². The molecule has 0 unspecified atom stereocenters. The van der Waals surface area contributed by atoms with Crippen LogP contribution in [0.5, 0.6) is 11.5 Å². The third-order valence-corrected chi connectivity index (χ3v) is 8.74. The topological polar surface area (TPSA) is 65.0 Å². The highest BCUT2D eigenvalue weighted by molar-refractivity contribution is 5.82. The van der Waals surface area contributed by atoms with Crippen molar-refractivity contribution >= 4 is 5.91 Å². The normalized spacial score (nSPS) is 25.9. The highest BCUT2D eigenvalue weighted by atomic mass is 16.5. The Kier molecular flexibility index (Phi) is 7.96. The lowest BCUT2D eigenvalue weighted by molar-refractivity contribution is -0.127. The molecule has 0 bridgehead atoms. The number of nitrogens with zero attached hydrogens (tertiary/aromatic N) is 2. The summed E-state index contributed by atoms with van der Waals surface area (Å²) in [6.07, 6.45) is 1.75. The Labute approximate surface area is 216 Å². The van der Waals surface area contributed by atoms with Gasteiger partial charge >= 0.3 is 0 Å². The fourth-order valence-corrected chi connectivity index (χ4v) is 5.86. The third kappa shape index (κ3) is 5.55. The molecule has 0 spiro atoms. The van der Waals surface area contributed by atoms with Crippen molar-refractivity contribution in [3.05, 3.63) is 59.2 Å². The number of piperidine rings is 1. The molecule has 1 saturated heterocycles. The number of fused-ring (bicyclic) bond motifs is 1. The Morgan fingerprint density at radius 3 is 2.69 bits per heavy atom. The number of phenolic OH excluding ortho intramolecular Hbond substituents is 1. The Bertz CT molecular complexity index is 1070. The monoisotopic (exact) mass is 493 g/mol. The second kappa shape index (κ2) is 10.8. The molecule has 6 nitrogen and oxygen atoms in total. The molecular formula is C30H43N3O3. The number of methoxy groups -OCH3 is 1. The number of rotatable bonds is 7. The lowest BCUT2D eigenvalue weighted by atomic mass is 9.68. The van der Waals surface area contributed by atoms with Gasteiger partial charge in [0, 0.05) is 25.7 Å². The average molecular weight is 494 g/mol.